The predicted molar refractivity (Wildman–Crippen MR) is 74.5 cm³/mol. The van der Waals surface area contributed by atoms with Gasteiger partial charge in [-0.25, -0.2) is 9.37 Å². The molecule has 2 atom stereocenters. The Hall–Kier alpha value is -1.11. The molecule has 0 saturated heterocycles. The molecule has 0 spiro atoms. The average Bonchev–Trinajstić information content (AvgIpc) is 2.81. The molecule has 7 heteroatoms. The van der Waals surface area contributed by atoms with Crippen LogP contribution in [0, 0.1) is 11.7 Å². The highest BCUT2D eigenvalue weighted by atomic mass is 79.9. The van der Waals surface area contributed by atoms with Gasteiger partial charge in [0, 0.05) is 12.0 Å². The predicted octanol–water partition coefficient (Wildman–Crippen LogP) is 5.30. The number of benzene rings is 1. The van der Waals surface area contributed by atoms with Crippen LogP contribution in [0.4, 0.5) is 17.6 Å². The normalized spacial score (nSPS) is 23.7. The van der Waals surface area contributed by atoms with Gasteiger partial charge in [0.1, 0.15) is 11.6 Å². The monoisotopic (exact) mass is 364 g/mol. The van der Waals surface area contributed by atoms with Gasteiger partial charge in [0.15, 0.2) is 0 Å². The second-order valence-corrected chi connectivity index (χ2v) is 6.30. The lowest BCUT2D eigenvalue weighted by Crippen LogP contribution is -2.32. The quantitative estimate of drug-likeness (QED) is 0.683. The Morgan fingerprint density at radius 1 is 1.19 bits per heavy atom. The van der Waals surface area contributed by atoms with Gasteiger partial charge < -0.3 is 4.98 Å². The molecule has 1 heterocycles. The summed E-state index contributed by atoms with van der Waals surface area (Å²) in [5.74, 6) is -2.20. The number of nitrogens with zero attached hydrogens (tertiary/aromatic N) is 1. The van der Waals surface area contributed by atoms with E-state index in [1.807, 2.05) is 0 Å². The van der Waals surface area contributed by atoms with Crippen molar-refractivity contribution in [3.8, 4) is 0 Å². The maximum absolute atomic E-state index is 13.5. The van der Waals surface area contributed by atoms with Crippen LogP contribution in [0.5, 0.6) is 0 Å². The number of fused-ring (bicyclic) bond motifs is 1. The first-order valence-corrected chi connectivity index (χ1v) is 7.57. The molecule has 0 bridgehead atoms. The summed E-state index contributed by atoms with van der Waals surface area (Å²) in [6.45, 7) is 0. The van der Waals surface area contributed by atoms with E-state index >= 15 is 0 Å². The van der Waals surface area contributed by atoms with Gasteiger partial charge in [-0.3, -0.25) is 0 Å². The highest BCUT2D eigenvalue weighted by Gasteiger charge is 2.46. The summed E-state index contributed by atoms with van der Waals surface area (Å²) >= 11 is 3.06. The molecule has 1 aliphatic carbocycles. The molecule has 2 aromatic rings. The van der Waals surface area contributed by atoms with Crippen LogP contribution in [-0.2, 0) is 0 Å². The van der Waals surface area contributed by atoms with Crippen molar-refractivity contribution in [1.29, 1.82) is 0 Å². The maximum atomic E-state index is 13.5. The number of H-pyrrole nitrogens is 1. The van der Waals surface area contributed by atoms with Crippen molar-refractivity contribution < 1.29 is 17.6 Å². The van der Waals surface area contributed by atoms with Crippen molar-refractivity contribution in [3.63, 3.8) is 0 Å². The number of imidazole rings is 1. The highest BCUT2D eigenvalue weighted by Crippen LogP contribution is 2.46. The minimum atomic E-state index is -4.23. The second-order valence-electron chi connectivity index (χ2n) is 5.44. The van der Waals surface area contributed by atoms with E-state index in [0.717, 1.165) is 6.42 Å². The Bertz CT molecular complexity index is 626. The van der Waals surface area contributed by atoms with Crippen LogP contribution in [-0.4, -0.2) is 16.1 Å². The Morgan fingerprint density at radius 3 is 2.62 bits per heavy atom. The zero-order chi connectivity index (χ0) is 15.2. The summed E-state index contributed by atoms with van der Waals surface area (Å²) in [4.78, 5) is 7.11. The second kappa shape index (κ2) is 5.26. The Balaban J connectivity index is 2.01. The third-order valence-electron chi connectivity index (χ3n) is 4.08. The zero-order valence-electron chi connectivity index (χ0n) is 11.0. The standard InChI is InChI=1S/C14H13BrF4N2/c15-9-5-11-12(6-10(9)16)21-13(20-11)7-3-1-2-4-8(7)14(17,18)19/h5-8H,1-4H2,(H,20,21). The van der Waals surface area contributed by atoms with Crippen LogP contribution < -0.4 is 0 Å². The molecule has 3 rings (SSSR count). The topological polar surface area (TPSA) is 28.7 Å². The largest absolute Gasteiger partial charge is 0.392 e. The minimum absolute atomic E-state index is 0.128. The molecular formula is C14H13BrF4N2. The summed E-state index contributed by atoms with van der Waals surface area (Å²) in [5, 5.41) is 0. The summed E-state index contributed by atoms with van der Waals surface area (Å²) in [6.07, 6.45) is -2.31. The fourth-order valence-corrected chi connectivity index (χ4v) is 3.38. The smallest absolute Gasteiger partial charge is 0.342 e. The van der Waals surface area contributed by atoms with Crippen LogP contribution >= 0.6 is 15.9 Å². The molecule has 1 saturated carbocycles. The van der Waals surface area contributed by atoms with Gasteiger partial charge in [-0.1, -0.05) is 12.8 Å². The number of nitrogens with one attached hydrogen (secondary N) is 1. The lowest BCUT2D eigenvalue weighted by Gasteiger charge is -2.31. The summed E-state index contributed by atoms with van der Waals surface area (Å²) in [6, 6.07) is 2.73. The fourth-order valence-electron chi connectivity index (χ4n) is 3.05. The molecule has 1 fully saturated rings. The van der Waals surface area contributed by atoms with Crippen LogP contribution in [0.3, 0.4) is 0 Å². The third kappa shape index (κ3) is 2.80. The molecule has 1 N–H and O–H groups in total. The van der Waals surface area contributed by atoms with Crippen LogP contribution in [0.25, 0.3) is 11.0 Å². The molecule has 0 amide bonds. The summed E-state index contributed by atoms with van der Waals surface area (Å²) in [7, 11) is 0. The molecule has 0 aliphatic heterocycles. The van der Waals surface area contributed by atoms with E-state index in [2.05, 4.69) is 25.9 Å². The minimum Gasteiger partial charge on any atom is -0.342 e. The lowest BCUT2D eigenvalue weighted by molar-refractivity contribution is -0.187. The number of aromatic amines is 1. The van der Waals surface area contributed by atoms with Gasteiger partial charge in [-0.15, -0.1) is 0 Å². The fraction of sp³-hybridized carbons (Fsp3) is 0.500. The molecule has 1 aromatic heterocycles. The Labute approximate surface area is 127 Å². The van der Waals surface area contributed by atoms with E-state index < -0.39 is 23.8 Å². The average molecular weight is 365 g/mol. The first kappa shape index (κ1) is 14.8. The molecule has 0 radical (unpaired) electrons. The van der Waals surface area contributed by atoms with E-state index in [-0.39, 0.29) is 10.9 Å². The van der Waals surface area contributed by atoms with Crippen molar-refractivity contribution >= 4 is 27.0 Å². The van der Waals surface area contributed by atoms with E-state index in [9.17, 15) is 17.6 Å². The Morgan fingerprint density at radius 2 is 1.90 bits per heavy atom. The lowest BCUT2D eigenvalue weighted by atomic mass is 9.78. The number of hydrogen-bond donors (Lipinski definition) is 1. The van der Waals surface area contributed by atoms with Crippen molar-refractivity contribution in [2.45, 2.75) is 37.8 Å². The van der Waals surface area contributed by atoms with Crippen molar-refractivity contribution in [3.05, 3.63) is 28.2 Å². The van der Waals surface area contributed by atoms with Gasteiger partial charge in [0.2, 0.25) is 0 Å². The summed E-state index contributed by atoms with van der Waals surface area (Å²) < 4.78 is 53.2. The third-order valence-corrected chi connectivity index (χ3v) is 4.69. The number of halogens is 5. The van der Waals surface area contributed by atoms with Crippen LogP contribution in [0.15, 0.2) is 16.6 Å². The summed E-state index contributed by atoms with van der Waals surface area (Å²) in [5.41, 5.74) is 0.905. The number of hydrogen-bond acceptors (Lipinski definition) is 1. The first-order chi connectivity index (χ1) is 9.86. The van der Waals surface area contributed by atoms with Crippen molar-refractivity contribution in [1.82, 2.24) is 9.97 Å². The van der Waals surface area contributed by atoms with Crippen molar-refractivity contribution in [2.75, 3.05) is 0 Å². The van der Waals surface area contributed by atoms with Gasteiger partial charge in [-0.2, -0.15) is 13.2 Å². The molecular weight excluding hydrogens is 352 g/mol. The van der Waals surface area contributed by atoms with Crippen molar-refractivity contribution in [2.24, 2.45) is 5.92 Å². The number of alkyl halides is 3. The first-order valence-electron chi connectivity index (χ1n) is 6.77. The van der Waals surface area contributed by atoms with Crippen LogP contribution in [0.1, 0.15) is 37.4 Å². The number of rotatable bonds is 1. The molecule has 114 valence electrons. The zero-order valence-corrected chi connectivity index (χ0v) is 12.6. The van der Waals surface area contributed by atoms with Gasteiger partial charge >= 0.3 is 6.18 Å². The molecule has 1 aromatic carbocycles. The van der Waals surface area contributed by atoms with Gasteiger partial charge in [-0.05, 0) is 34.8 Å². The number of aromatic nitrogens is 2. The van der Waals surface area contributed by atoms with E-state index in [1.54, 1.807) is 0 Å². The SMILES string of the molecule is Fc1cc2[nH]c(C3CCCCC3C(F)(F)F)nc2cc1Br. The van der Waals surface area contributed by atoms with E-state index in [4.69, 9.17) is 0 Å². The van der Waals surface area contributed by atoms with E-state index in [1.165, 1.54) is 12.1 Å². The molecule has 1 aliphatic rings. The molecule has 21 heavy (non-hydrogen) atoms. The maximum Gasteiger partial charge on any atom is 0.392 e. The van der Waals surface area contributed by atoms with Crippen LogP contribution in [0.2, 0.25) is 0 Å². The van der Waals surface area contributed by atoms with E-state index in [0.29, 0.717) is 29.7 Å². The van der Waals surface area contributed by atoms with Gasteiger partial charge in [0.25, 0.3) is 0 Å². The Kier molecular flexibility index (Phi) is 3.71. The molecule has 2 unspecified atom stereocenters. The van der Waals surface area contributed by atoms with Gasteiger partial charge in [0.05, 0.1) is 21.4 Å². The highest BCUT2D eigenvalue weighted by molar-refractivity contribution is 9.10. The molecule has 2 nitrogen and oxygen atoms in total.